The average molecular weight is 169 g/mol. The molecule has 1 heterocycles. The van der Waals surface area contributed by atoms with Crippen LogP contribution in [0.5, 0.6) is 6.08 Å². The van der Waals surface area contributed by atoms with E-state index in [0.717, 1.165) is 0 Å². The predicted octanol–water partition coefficient (Wildman–Crippen LogP) is -0.0939. The van der Waals surface area contributed by atoms with Gasteiger partial charge >= 0.3 is 12.0 Å². The second-order valence-corrected chi connectivity index (χ2v) is 1.97. The summed E-state index contributed by atoms with van der Waals surface area (Å²) in [6.07, 6.45) is 2.22. The summed E-state index contributed by atoms with van der Waals surface area (Å²) >= 11 is 0. The van der Waals surface area contributed by atoms with Gasteiger partial charge in [-0.05, 0) is 0 Å². The molecule has 0 aliphatic rings. The van der Waals surface area contributed by atoms with Crippen LogP contribution in [0.3, 0.4) is 0 Å². The number of oxazole rings is 1. The maximum atomic E-state index is 10.8. The van der Waals surface area contributed by atoms with Crippen molar-refractivity contribution in [3.05, 3.63) is 12.5 Å². The van der Waals surface area contributed by atoms with Gasteiger partial charge in [-0.15, -0.1) is 0 Å². The van der Waals surface area contributed by atoms with Gasteiger partial charge in [0.25, 0.3) is 0 Å². The second kappa shape index (κ2) is 3.51. The van der Waals surface area contributed by atoms with Crippen molar-refractivity contribution >= 4 is 11.8 Å². The number of rotatable bonds is 3. The van der Waals surface area contributed by atoms with E-state index in [1.165, 1.54) is 12.5 Å². The summed E-state index contributed by atoms with van der Waals surface area (Å²) in [6.45, 7) is 0. The number of hydrogen-bond donors (Lipinski definition) is 2. The molecule has 0 unspecified atom stereocenters. The molecule has 0 saturated heterocycles. The molecule has 0 radical (unpaired) electrons. The van der Waals surface area contributed by atoms with Gasteiger partial charge in [-0.1, -0.05) is 0 Å². The number of amidine groups is 1. The van der Waals surface area contributed by atoms with E-state index in [-0.39, 0.29) is 18.3 Å². The second-order valence-electron chi connectivity index (χ2n) is 1.97. The largest absolute Gasteiger partial charge is 0.417 e. The zero-order valence-electron chi connectivity index (χ0n) is 6.11. The summed E-state index contributed by atoms with van der Waals surface area (Å²) in [5.41, 5.74) is 4.95. The van der Waals surface area contributed by atoms with Crippen molar-refractivity contribution in [3.8, 4) is 6.08 Å². The number of esters is 1. The van der Waals surface area contributed by atoms with Crippen molar-refractivity contribution in [3.63, 3.8) is 0 Å². The molecular formula is C6H7N3O3. The third-order valence-electron chi connectivity index (χ3n) is 0.946. The summed E-state index contributed by atoms with van der Waals surface area (Å²) < 4.78 is 9.15. The number of carbonyl (C=O) groups excluding carboxylic acids is 1. The van der Waals surface area contributed by atoms with E-state index in [0.29, 0.717) is 0 Å². The Labute approximate surface area is 67.8 Å². The van der Waals surface area contributed by atoms with Gasteiger partial charge in [0.2, 0.25) is 0 Å². The van der Waals surface area contributed by atoms with Gasteiger partial charge in [0.15, 0.2) is 0 Å². The van der Waals surface area contributed by atoms with E-state index in [1.807, 2.05) is 0 Å². The highest BCUT2D eigenvalue weighted by Crippen LogP contribution is 2.04. The minimum Gasteiger partial charge on any atom is -0.417 e. The first kappa shape index (κ1) is 8.25. The van der Waals surface area contributed by atoms with Gasteiger partial charge in [0, 0.05) is 0 Å². The van der Waals surface area contributed by atoms with Gasteiger partial charge < -0.3 is 14.9 Å². The lowest BCUT2D eigenvalue weighted by Gasteiger charge is -1.96. The molecule has 6 nitrogen and oxygen atoms in total. The Kier molecular flexibility index (Phi) is 2.42. The van der Waals surface area contributed by atoms with Gasteiger partial charge in [-0.2, -0.15) is 4.98 Å². The minimum absolute atomic E-state index is 0.138. The quantitative estimate of drug-likeness (QED) is 0.374. The summed E-state index contributed by atoms with van der Waals surface area (Å²) in [6, 6.07) is 0. The highest BCUT2D eigenvalue weighted by molar-refractivity contribution is 5.95. The molecule has 0 spiro atoms. The Hall–Kier alpha value is -1.85. The van der Waals surface area contributed by atoms with Gasteiger partial charge in [0.05, 0.1) is 6.20 Å². The molecule has 0 fully saturated rings. The summed E-state index contributed by atoms with van der Waals surface area (Å²) in [4.78, 5) is 14.3. The first-order chi connectivity index (χ1) is 5.68. The fourth-order valence-electron chi connectivity index (χ4n) is 0.550. The van der Waals surface area contributed by atoms with Crippen LogP contribution in [-0.2, 0) is 4.79 Å². The number of ether oxygens (including phenoxy) is 1. The van der Waals surface area contributed by atoms with Gasteiger partial charge in [-0.3, -0.25) is 10.2 Å². The first-order valence-electron chi connectivity index (χ1n) is 3.11. The third-order valence-corrected chi connectivity index (χ3v) is 0.946. The number of carbonyl (C=O) groups is 1. The topological polar surface area (TPSA) is 102 Å². The van der Waals surface area contributed by atoms with E-state index in [9.17, 15) is 4.79 Å². The van der Waals surface area contributed by atoms with E-state index in [4.69, 9.17) is 11.1 Å². The lowest BCUT2D eigenvalue weighted by molar-refractivity contribution is -0.134. The molecule has 64 valence electrons. The van der Waals surface area contributed by atoms with Gasteiger partial charge in [0.1, 0.15) is 18.5 Å². The molecule has 0 bridgehead atoms. The molecule has 0 aliphatic carbocycles. The molecule has 0 saturated carbocycles. The standard InChI is InChI=1S/C6H7N3O3/c7-4(8)3-5(10)12-6-9-1-2-11-6/h1-2H,3H2,(H3,7,8). The van der Waals surface area contributed by atoms with Crippen LogP contribution in [0.2, 0.25) is 0 Å². The van der Waals surface area contributed by atoms with E-state index >= 15 is 0 Å². The third kappa shape index (κ3) is 2.41. The molecule has 0 amide bonds. The number of aromatic nitrogens is 1. The van der Waals surface area contributed by atoms with Crippen LogP contribution in [-0.4, -0.2) is 16.8 Å². The highest BCUT2D eigenvalue weighted by atomic mass is 16.6. The SMILES string of the molecule is N=C(N)CC(=O)Oc1ncco1. The Morgan fingerprint density at radius 3 is 3.08 bits per heavy atom. The molecule has 6 heteroatoms. The Balaban J connectivity index is 2.42. The zero-order chi connectivity index (χ0) is 8.97. The summed E-state index contributed by atoms with van der Waals surface area (Å²) in [5.74, 6) is -0.920. The normalized spacial score (nSPS) is 9.33. The molecular weight excluding hydrogens is 162 g/mol. The van der Waals surface area contributed by atoms with Crippen molar-refractivity contribution in [2.24, 2.45) is 5.73 Å². The van der Waals surface area contributed by atoms with Crippen molar-refractivity contribution in [2.75, 3.05) is 0 Å². The molecule has 0 atom stereocenters. The zero-order valence-corrected chi connectivity index (χ0v) is 6.11. The number of nitrogens with two attached hydrogens (primary N) is 1. The predicted molar refractivity (Wildman–Crippen MR) is 38.7 cm³/mol. The number of nitrogens with one attached hydrogen (secondary N) is 1. The van der Waals surface area contributed by atoms with Gasteiger partial charge in [-0.25, -0.2) is 0 Å². The van der Waals surface area contributed by atoms with Crippen molar-refractivity contribution < 1.29 is 13.9 Å². The van der Waals surface area contributed by atoms with Crippen molar-refractivity contribution in [2.45, 2.75) is 6.42 Å². The molecule has 0 aromatic carbocycles. The fourth-order valence-corrected chi connectivity index (χ4v) is 0.550. The Morgan fingerprint density at radius 1 is 1.83 bits per heavy atom. The molecule has 12 heavy (non-hydrogen) atoms. The van der Waals surface area contributed by atoms with Crippen molar-refractivity contribution in [1.29, 1.82) is 5.41 Å². The van der Waals surface area contributed by atoms with Crippen LogP contribution in [0.25, 0.3) is 0 Å². The molecule has 1 aromatic rings. The summed E-state index contributed by atoms with van der Waals surface area (Å²) in [7, 11) is 0. The number of nitrogens with zero attached hydrogens (tertiary/aromatic N) is 1. The van der Waals surface area contributed by atoms with E-state index < -0.39 is 5.97 Å². The number of hydrogen-bond acceptors (Lipinski definition) is 5. The monoisotopic (exact) mass is 169 g/mol. The van der Waals surface area contributed by atoms with Crippen LogP contribution in [0.15, 0.2) is 16.9 Å². The lowest BCUT2D eigenvalue weighted by Crippen LogP contribution is -2.19. The van der Waals surface area contributed by atoms with E-state index in [1.54, 1.807) is 0 Å². The van der Waals surface area contributed by atoms with Crippen LogP contribution in [0, 0.1) is 5.41 Å². The van der Waals surface area contributed by atoms with Crippen molar-refractivity contribution in [1.82, 2.24) is 4.98 Å². The van der Waals surface area contributed by atoms with Crippen LogP contribution < -0.4 is 10.5 Å². The maximum absolute atomic E-state index is 10.8. The average Bonchev–Trinajstić information content (AvgIpc) is 2.37. The summed E-state index contributed by atoms with van der Waals surface area (Å²) in [5, 5.41) is 6.78. The molecule has 3 N–H and O–H groups in total. The maximum Gasteiger partial charge on any atom is 0.401 e. The lowest BCUT2D eigenvalue weighted by atomic mass is 10.4. The van der Waals surface area contributed by atoms with Crippen LogP contribution in [0.4, 0.5) is 0 Å². The molecule has 0 aliphatic heterocycles. The first-order valence-corrected chi connectivity index (χ1v) is 3.11. The smallest absolute Gasteiger partial charge is 0.401 e. The van der Waals surface area contributed by atoms with Crippen LogP contribution >= 0.6 is 0 Å². The highest BCUT2D eigenvalue weighted by Gasteiger charge is 2.08. The molecule has 1 rings (SSSR count). The molecule has 1 aromatic heterocycles. The van der Waals surface area contributed by atoms with E-state index in [2.05, 4.69) is 14.1 Å². The minimum atomic E-state index is -0.662. The van der Waals surface area contributed by atoms with Crippen LogP contribution in [0.1, 0.15) is 6.42 Å². The fraction of sp³-hybridized carbons (Fsp3) is 0.167. The Morgan fingerprint density at radius 2 is 2.58 bits per heavy atom. The Bertz CT molecular complexity index is 280.